The van der Waals surface area contributed by atoms with Crippen molar-refractivity contribution in [2.24, 2.45) is 0 Å². The van der Waals surface area contributed by atoms with E-state index >= 15 is 0 Å². The topological polar surface area (TPSA) is 73.3 Å². The number of hydrogen-bond acceptors (Lipinski definition) is 5. The molecule has 140 valence electrons. The molecular weight excluding hydrogens is 330 g/mol. The Balaban J connectivity index is 2.12. The largest absolute Gasteiger partial charge is 0.490 e. The monoisotopic (exact) mass is 357 g/mol. The van der Waals surface area contributed by atoms with Crippen LogP contribution in [0.1, 0.15) is 61.4 Å². The average Bonchev–Trinajstić information content (AvgIpc) is 2.65. The molecule has 1 heterocycles. The zero-order valence-corrected chi connectivity index (χ0v) is 15.9. The lowest BCUT2D eigenvalue weighted by atomic mass is 10.1. The molecule has 2 aromatic rings. The maximum atomic E-state index is 12.3. The molecule has 0 saturated heterocycles. The highest BCUT2D eigenvalue weighted by Gasteiger charge is 2.15. The van der Waals surface area contributed by atoms with Gasteiger partial charge in [0.2, 0.25) is 0 Å². The Morgan fingerprint density at radius 2 is 1.77 bits per heavy atom. The lowest BCUT2D eigenvalue weighted by Crippen LogP contribution is -2.27. The summed E-state index contributed by atoms with van der Waals surface area (Å²) in [4.78, 5) is 20.6. The lowest BCUT2D eigenvalue weighted by molar-refractivity contribution is 0.0934. The van der Waals surface area contributed by atoms with Crippen molar-refractivity contribution in [2.75, 3.05) is 13.2 Å². The van der Waals surface area contributed by atoms with Crippen molar-refractivity contribution in [1.29, 1.82) is 0 Å². The maximum Gasteiger partial charge on any atom is 0.271 e. The molecule has 0 spiro atoms. The van der Waals surface area contributed by atoms with Crippen molar-refractivity contribution in [3.63, 3.8) is 0 Å². The van der Waals surface area contributed by atoms with Crippen LogP contribution in [-0.2, 0) is 0 Å². The molecule has 26 heavy (non-hydrogen) atoms. The molecule has 1 atom stereocenters. The quantitative estimate of drug-likeness (QED) is 0.738. The van der Waals surface area contributed by atoms with Crippen LogP contribution in [0.25, 0.3) is 0 Å². The Hall–Kier alpha value is -2.63. The average molecular weight is 357 g/mol. The summed E-state index contributed by atoms with van der Waals surface area (Å²) in [6.45, 7) is 9.13. The SMILES string of the molecule is CCCOc1ccc([C@@H](C)NC(=O)c2cnc(C)cn2)cc1OCCC. The third-order valence-electron chi connectivity index (χ3n) is 3.75. The smallest absolute Gasteiger partial charge is 0.271 e. The van der Waals surface area contributed by atoms with E-state index in [-0.39, 0.29) is 11.9 Å². The summed E-state index contributed by atoms with van der Waals surface area (Å²) in [7, 11) is 0. The van der Waals surface area contributed by atoms with Gasteiger partial charge in [0.1, 0.15) is 5.69 Å². The molecule has 0 unspecified atom stereocenters. The van der Waals surface area contributed by atoms with Crippen LogP contribution in [-0.4, -0.2) is 29.1 Å². The molecule has 1 N–H and O–H groups in total. The molecule has 1 amide bonds. The van der Waals surface area contributed by atoms with Gasteiger partial charge in [0.15, 0.2) is 11.5 Å². The fraction of sp³-hybridized carbons (Fsp3) is 0.450. The third kappa shape index (κ3) is 5.44. The van der Waals surface area contributed by atoms with Gasteiger partial charge in [-0.05, 0) is 44.4 Å². The van der Waals surface area contributed by atoms with Crippen molar-refractivity contribution in [1.82, 2.24) is 15.3 Å². The molecule has 6 nitrogen and oxygen atoms in total. The molecule has 0 bridgehead atoms. The van der Waals surface area contributed by atoms with Crippen molar-refractivity contribution in [2.45, 2.75) is 46.6 Å². The van der Waals surface area contributed by atoms with Gasteiger partial charge in [-0.1, -0.05) is 19.9 Å². The minimum Gasteiger partial charge on any atom is -0.490 e. The summed E-state index contributed by atoms with van der Waals surface area (Å²) >= 11 is 0. The minimum absolute atomic E-state index is 0.199. The number of hydrogen-bond donors (Lipinski definition) is 1. The van der Waals surface area contributed by atoms with Gasteiger partial charge in [0.25, 0.3) is 5.91 Å². The lowest BCUT2D eigenvalue weighted by Gasteiger charge is -2.18. The fourth-order valence-electron chi connectivity index (χ4n) is 2.31. The standard InChI is InChI=1S/C20H27N3O3/c1-5-9-25-18-8-7-16(11-19(18)26-10-6-2)15(4)23-20(24)17-13-21-14(3)12-22-17/h7-8,11-13,15H,5-6,9-10H2,1-4H3,(H,23,24)/t15-/m1/s1. The van der Waals surface area contributed by atoms with E-state index < -0.39 is 0 Å². The molecule has 6 heteroatoms. The van der Waals surface area contributed by atoms with E-state index in [0.717, 1.165) is 29.8 Å². The number of aryl methyl sites for hydroxylation is 1. The highest BCUT2D eigenvalue weighted by molar-refractivity contribution is 5.92. The molecule has 1 aromatic carbocycles. The predicted octanol–water partition coefficient (Wildman–Crippen LogP) is 3.85. The number of ether oxygens (including phenoxy) is 2. The molecule has 0 fully saturated rings. The molecule has 0 aliphatic rings. The van der Waals surface area contributed by atoms with Gasteiger partial charge in [0.05, 0.1) is 31.1 Å². The van der Waals surface area contributed by atoms with Crippen LogP contribution in [0.3, 0.4) is 0 Å². The summed E-state index contributed by atoms with van der Waals surface area (Å²) in [5.74, 6) is 1.17. The Kier molecular flexibility index (Phi) is 7.38. The number of amides is 1. The van der Waals surface area contributed by atoms with Gasteiger partial charge in [-0.2, -0.15) is 0 Å². The molecule has 2 rings (SSSR count). The highest BCUT2D eigenvalue weighted by Crippen LogP contribution is 2.31. The number of aromatic nitrogens is 2. The summed E-state index contributed by atoms with van der Waals surface area (Å²) < 4.78 is 11.6. The van der Waals surface area contributed by atoms with Gasteiger partial charge in [-0.25, -0.2) is 4.98 Å². The summed E-state index contributed by atoms with van der Waals surface area (Å²) in [5.41, 5.74) is 2.01. The first-order chi connectivity index (χ1) is 12.5. The second-order valence-corrected chi connectivity index (χ2v) is 6.14. The van der Waals surface area contributed by atoms with E-state index in [1.165, 1.54) is 6.20 Å². The summed E-state index contributed by atoms with van der Waals surface area (Å²) in [6.07, 6.45) is 4.90. The molecule has 0 saturated carbocycles. The molecule has 1 aromatic heterocycles. The van der Waals surface area contributed by atoms with Gasteiger partial charge in [0, 0.05) is 6.20 Å². The summed E-state index contributed by atoms with van der Waals surface area (Å²) in [5, 5.41) is 2.94. The number of nitrogens with one attached hydrogen (secondary N) is 1. The Morgan fingerprint density at radius 3 is 2.38 bits per heavy atom. The van der Waals surface area contributed by atoms with Gasteiger partial charge in [-0.15, -0.1) is 0 Å². The predicted molar refractivity (Wildman–Crippen MR) is 101 cm³/mol. The van der Waals surface area contributed by atoms with Crippen LogP contribution in [0.2, 0.25) is 0 Å². The number of carbonyl (C=O) groups excluding carboxylic acids is 1. The van der Waals surface area contributed by atoms with Gasteiger partial charge >= 0.3 is 0 Å². The second kappa shape index (κ2) is 9.75. The molecular formula is C20H27N3O3. The number of carbonyl (C=O) groups is 1. The number of benzene rings is 1. The Morgan fingerprint density at radius 1 is 1.08 bits per heavy atom. The molecule has 0 aliphatic carbocycles. The van der Waals surface area contributed by atoms with E-state index in [4.69, 9.17) is 9.47 Å². The first-order valence-corrected chi connectivity index (χ1v) is 9.04. The van der Waals surface area contributed by atoms with E-state index in [1.807, 2.05) is 32.0 Å². The van der Waals surface area contributed by atoms with Crippen molar-refractivity contribution < 1.29 is 14.3 Å². The van der Waals surface area contributed by atoms with Crippen LogP contribution < -0.4 is 14.8 Å². The minimum atomic E-state index is -0.257. The van der Waals surface area contributed by atoms with E-state index in [0.29, 0.717) is 24.7 Å². The first kappa shape index (κ1) is 19.7. The van der Waals surface area contributed by atoms with E-state index in [1.54, 1.807) is 6.20 Å². The van der Waals surface area contributed by atoms with Crippen LogP contribution >= 0.6 is 0 Å². The third-order valence-corrected chi connectivity index (χ3v) is 3.75. The normalized spacial score (nSPS) is 11.7. The van der Waals surface area contributed by atoms with Crippen molar-refractivity contribution >= 4 is 5.91 Å². The Labute approximate surface area is 155 Å². The highest BCUT2D eigenvalue weighted by atomic mass is 16.5. The zero-order valence-electron chi connectivity index (χ0n) is 15.9. The number of nitrogens with zero attached hydrogens (tertiary/aromatic N) is 2. The van der Waals surface area contributed by atoms with Crippen LogP contribution in [0.15, 0.2) is 30.6 Å². The van der Waals surface area contributed by atoms with E-state index in [9.17, 15) is 4.79 Å². The fourth-order valence-corrected chi connectivity index (χ4v) is 2.31. The van der Waals surface area contributed by atoms with Crippen LogP contribution in [0.4, 0.5) is 0 Å². The van der Waals surface area contributed by atoms with Gasteiger partial charge < -0.3 is 14.8 Å². The summed E-state index contributed by atoms with van der Waals surface area (Å²) in [6, 6.07) is 5.56. The van der Waals surface area contributed by atoms with Crippen LogP contribution in [0, 0.1) is 6.92 Å². The molecule has 0 aliphatic heterocycles. The van der Waals surface area contributed by atoms with Crippen molar-refractivity contribution in [3.05, 3.63) is 47.5 Å². The first-order valence-electron chi connectivity index (χ1n) is 9.04. The van der Waals surface area contributed by atoms with Crippen LogP contribution in [0.5, 0.6) is 11.5 Å². The Bertz CT molecular complexity index is 717. The maximum absolute atomic E-state index is 12.3. The second-order valence-electron chi connectivity index (χ2n) is 6.14. The molecule has 0 radical (unpaired) electrons. The van der Waals surface area contributed by atoms with Gasteiger partial charge in [-0.3, -0.25) is 9.78 Å². The van der Waals surface area contributed by atoms with Crippen molar-refractivity contribution in [3.8, 4) is 11.5 Å². The zero-order chi connectivity index (χ0) is 18.9. The van der Waals surface area contributed by atoms with E-state index in [2.05, 4.69) is 29.1 Å². The number of rotatable bonds is 9.